The molecule has 1 unspecified atom stereocenters. The summed E-state index contributed by atoms with van der Waals surface area (Å²) >= 11 is 0. The SMILES string of the molecule is C=C(C)c1ccccc1.C=Cc1ccccc1.CC(CCc1ccccc1)c1ccccc1.CCc1ccccc1.Cc1ccccc1. The average Bonchev–Trinajstić information content (AvgIpc) is 3.17. The van der Waals surface area contributed by atoms with Crippen LogP contribution in [0.1, 0.15) is 66.5 Å². The van der Waals surface area contributed by atoms with Crippen LogP contribution in [0.25, 0.3) is 11.6 Å². The standard InChI is InChI=1S/C16H18.C9H10.C8H10.C8H8.C7H8/c1-14(16-10-6-3-7-11-16)12-13-15-8-4-2-5-9-15;1-8(2)9-6-4-3-5-7-9;2*1-2-8-6-4-3-5-7-8;1-7-5-3-2-4-6-7/h2-11,14H,12-13H2,1H3;3-7H,1H2,2H3;3-7H,2H2,1H3;2-7H,1H2;2-6H,1H3. The van der Waals surface area contributed by atoms with Crippen LogP contribution in [0.2, 0.25) is 0 Å². The zero-order chi connectivity index (χ0) is 34.7. The van der Waals surface area contributed by atoms with Crippen molar-refractivity contribution in [1.82, 2.24) is 0 Å². The van der Waals surface area contributed by atoms with Crippen LogP contribution in [0.15, 0.2) is 195 Å². The molecular formula is C48H54. The second-order valence-corrected chi connectivity index (χ2v) is 11.6. The van der Waals surface area contributed by atoms with Gasteiger partial charge in [0, 0.05) is 0 Å². The third-order valence-electron chi connectivity index (χ3n) is 7.57. The van der Waals surface area contributed by atoms with Gasteiger partial charge in [-0.25, -0.2) is 0 Å². The van der Waals surface area contributed by atoms with Gasteiger partial charge in [0.15, 0.2) is 0 Å². The molecule has 0 amide bonds. The zero-order valence-electron chi connectivity index (χ0n) is 29.5. The molecule has 0 aromatic heterocycles. The second kappa shape index (κ2) is 25.0. The van der Waals surface area contributed by atoms with Crippen molar-refractivity contribution in [1.29, 1.82) is 0 Å². The van der Waals surface area contributed by atoms with Crippen LogP contribution in [-0.4, -0.2) is 0 Å². The van der Waals surface area contributed by atoms with Crippen molar-refractivity contribution >= 4 is 11.6 Å². The number of benzene rings is 6. The highest BCUT2D eigenvalue weighted by Gasteiger charge is 2.04. The highest BCUT2D eigenvalue weighted by molar-refractivity contribution is 5.60. The highest BCUT2D eigenvalue weighted by atomic mass is 14.1. The summed E-state index contributed by atoms with van der Waals surface area (Å²) in [5.41, 5.74) is 9.12. The highest BCUT2D eigenvalue weighted by Crippen LogP contribution is 2.20. The van der Waals surface area contributed by atoms with E-state index in [1.807, 2.05) is 85.8 Å². The summed E-state index contributed by atoms with van der Waals surface area (Å²) in [5.74, 6) is 0.640. The molecule has 0 aliphatic rings. The first-order valence-electron chi connectivity index (χ1n) is 17.0. The lowest BCUT2D eigenvalue weighted by atomic mass is 9.94. The van der Waals surface area contributed by atoms with Crippen molar-refractivity contribution in [3.05, 3.63) is 229 Å². The molecule has 0 radical (unpaired) electrons. The Morgan fingerprint density at radius 2 is 0.958 bits per heavy atom. The maximum absolute atomic E-state index is 3.83. The molecule has 6 aromatic rings. The number of allylic oxidation sites excluding steroid dienone is 1. The van der Waals surface area contributed by atoms with Crippen LogP contribution < -0.4 is 0 Å². The zero-order valence-corrected chi connectivity index (χ0v) is 29.5. The molecule has 0 saturated heterocycles. The number of hydrogen-bond acceptors (Lipinski definition) is 0. The molecule has 0 N–H and O–H groups in total. The molecule has 0 heterocycles. The second-order valence-electron chi connectivity index (χ2n) is 11.6. The van der Waals surface area contributed by atoms with Crippen molar-refractivity contribution < 1.29 is 0 Å². The monoisotopic (exact) mass is 630 g/mol. The predicted molar refractivity (Wildman–Crippen MR) is 214 cm³/mol. The van der Waals surface area contributed by atoms with Gasteiger partial charge in [-0.3, -0.25) is 0 Å². The van der Waals surface area contributed by atoms with E-state index in [9.17, 15) is 0 Å². The van der Waals surface area contributed by atoms with Crippen LogP contribution in [0, 0.1) is 6.92 Å². The maximum Gasteiger partial charge on any atom is -0.0187 e. The van der Waals surface area contributed by atoms with Gasteiger partial charge in [-0.1, -0.05) is 226 Å². The predicted octanol–water partition coefficient (Wildman–Crippen LogP) is 13.7. The van der Waals surface area contributed by atoms with Gasteiger partial charge in [0.2, 0.25) is 0 Å². The quantitative estimate of drug-likeness (QED) is 0.165. The lowest BCUT2D eigenvalue weighted by Crippen LogP contribution is -1.95. The lowest BCUT2D eigenvalue weighted by molar-refractivity contribution is 0.679. The fourth-order valence-electron chi connectivity index (χ4n) is 4.54. The molecule has 0 nitrogen and oxygen atoms in total. The Kier molecular flexibility index (Phi) is 20.3. The molecule has 0 spiro atoms. The number of rotatable bonds is 7. The van der Waals surface area contributed by atoms with Gasteiger partial charge in [-0.2, -0.15) is 0 Å². The number of aryl methyl sites for hydroxylation is 3. The van der Waals surface area contributed by atoms with Crippen molar-refractivity contribution in [2.24, 2.45) is 0 Å². The average molecular weight is 631 g/mol. The van der Waals surface area contributed by atoms with Gasteiger partial charge in [-0.15, -0.1) is 0 Å². The van der Waals surface area contributed by atoms with Gasteiger partial charge >= 0.3 is 0 Å². The van der Waals surface area contributed by atoms with E-state index >= 15 is 0 Å². The Hall–Kier alpha value is -5.20. The topological polar surface area (TPSA) is 0 Å². The minimum Gasteiger partial charge on any atom is -0.0985 e. The summed E-state index contributed by atoms with van der Waals surface area (Å²) in [6, 6.07) is 62.4. The van der Waals surface area contributed by atoms with Gasteiger partial charge in [0.1, 0.15) is 0 Å². The Labute approximate surface area is 292 Å². The summed E-state index contributed by atoms with van der Waals surface area (Å²) < 4.78 is 0. The third-order valence-corrected chi connectivity index (χ3v) is 7.57. The molecule has 0 saturated carbocycles. The van der Waals surface area contributed by atoms with Crippen molar-refractivity contribution in [3.63, 3.8) is 0 Å². The largest absolute Gasteiger partial charge is 0.0985 e. The molecule has 0 bridgehead atoms. The van der Waals surface area contributed by atoms with Gasteiger partial charge < -0.3 is 0 Å². The molecule has 6 rings (SSSR count). The molecule has 0 heteroatoms. The van der Waals surface area contributed by atoms with Crippen molar-refractivity contribution in [2.75, 3.05) is 0 Å². The van der Waals surface area contributed by atoms with E-state index in [1.165, 1.54) is 39.8 Å². The summed E-state index contributed by atoms with van der Waals surface area (Å²) in [6.45, 7) is 16.0. The maximum atomic E-state index is 3.83. The number of hydrogen-bond donors (Lipinski definition) is 0. The molecule has 1 atom stereocenters. The van der Waals surface area contributed by atoms with E-state index in [1.54, 1.807) is 0 Å². The van der Waals surface area contributed by atoms with Crippen LogP contribution in [-0.2, 0) is 12.8 Å². The first-order valence-corrected chi connectivity index (χ1v) is 17.0. The molecule has 6 aromatic carbocycles. The van der Waals surface area contributed by atoms with Gasteiger partial charge in [0.05, 0.1) is 0 Å². The van der Waals surface area contributed by atoms with Crippen LogP contribution >= 0.6 is 0 Å². The smallest absolute Gasteiger partial charge is 0.0187 e. The molecule has 0 aliphatic heterocycles. The van der Waals surface area contributed by atoms with Crippen molar-refractivity contribution in [3.8, 4) is 0 Å². The Bertz CT molecular complexity index is 1610. The molecular weight excluding hydrogens is 577 g/mol. The minimum absolute atomic E-state index is 0.640. The Morgan fingerprint density at radius 1 is 0.562 bits per heavy atom. The van der Waals surface area contributed by atoms with Crippen LogP contribution in [0.3, 0.4) is 0 Å². The molecule has 48 heavy (non-hydrogen) atoms. The van der Waals surface area contributed by atoms with E-state index in [-0.39, 0.29) is 0 Å². The minimum atomic E-state index is 0.640. The van der Waals surface area contributed by atoms with Gasteiger partial charge in [0.25, 0.3) is 0 Å². The fraction of sp³-hybridized carbons (Fsp3) is 0.167. The normalized spacial score (nSPS) is 10.0. The summed E-state index contributed by atoms with van der Waals surface area (Å²) in [6.07, 6.45) is 5.35. The van der Waals surface area contributed by atoms with E-state index < -0.39 is 0 Å². The van der Waals surface area contributed by atoms with E-state index in [2.05, 4.69) is 143 Å². The van der Waals surface area contributed by atoms with E-state index in [0.717, 1.165) is 18.4 Å². The van der Waals surface area contributed by atoms with Crippen LogP contribution in [0.4, 0.5) is 0 Å². The van der Waals surface area contributed by atoms with E-state index in [4.69, 9.17) is 0 Å². The lowest BCUT2D eigenvalue weighted by Gasteiger charge is -2.11. The van der Waals surface area contributed by atoms with E-state index in [0.29, 0.717) is 5.92 Å². The first kappa shape index (κ1) is 39.0. The Balaban J connectivity index is 0.000000218. The summed E-state index contributed by atoms with van der Waals surface area (Å²) in [4.78, 5) is 0. The van der Waals surface area contributed by atoms with Gasteiger partial charge in [-0.05, 0) is 66.8 Å². The molecule has 0 aliphatic carbocycles. The third kappa shape index (κ3) is 18.1. The fourth-order valence-corrected chi connectivity index (χ4v) is 4.54. The summed E-state index contributed by atoms with van der Waals surface area (Å²) in [7, 11) is 0. The van der Waals surface area contributed by atoms with Crippen LogP contribution in [0.5, 0.6) is 0 Å². The summed E-state index contributed by atoms with van der Waals surface area (Å²) in [5, 5.41) is 0. The molecule has 246 valence electrons. The first-order chi connectivity index (χ1) is 23.4. The molecule has 0 fully saturated rings. The van der Waals surface area contributed by atoms with Crippen molar-refractivity contribution in [2.45, 2.75) is 52.9 Å². The Morgan fingerprint density at radius 3 is 1.29 bits per heavy atom.